The standard InChI is InChI=1S/C24H28N8O2S/c33-22(31-13-9-29(10-14-31)20-5-1-3-7-25-20)17-19-18-35-23(27-19)28-24(34)32-15-11-30(12-16-32)21-6-2-4-8-26-21/h1-8,18H,9-17H2,(H,27,28,34). The third-order valence-electron chi connectivity index (χ3n) is 6.24. The zero-order valence-electron chi connectivity index (χ0n) is 19.4. The molecule has 3 amide bonds. The van der Waals surface area contributed by atoms with E-state index in [1.54, 1.807) is 17.3 Å². The Morgan fingerprint density at radius 3 is 1.91 bits per heavy atom. The number of urea groups is 1. The molecule has 10 nitrogen and oxygen atoms in total. The molecule has 0 atom stereocenters. The molecule has 2 aliphatic heterocycles. The van der Waals surface area contributed by atoms with Gasteiger partial charge in [-0.2, -0.15) is 0 Å². The van der Waals surface area contributed by atoms with Crippen molar-refractivity contribution in [3.63, 3.8) is 0 Å². The number of rotatable bonds is 5. The van der Waals surface area contributed by atoms with E-state index in [9.17, 15) is 9.59 Å². The highest BCUT2D eigenvalue weighted by Gasteiger charge is 2.24. The summed E-state index contributed by atoms with van der Waals surface area (Å²) in [5, 5.41) is 5.25. The molecule has 1 N–H and O–H groups in total. The van der Waals surface area contributed by atoms with Crippen molar-refractivity contribution in [2.24, 2.45) is 0 Å². The molecule has 182 valence electrons. The maximum absolute atomic E-state index is 12.8. The first kappa shape index (κ1) is 23.0. The monoisotopic (exact) mass is 492 g/mol. The van der Waals surface area contributed by atoms with Gasteiger partial charge in [0.25, 0.3) is 0 Å². The number of aromatic nitrogens is 3. The first-order valence-electron chi connectivity index (χ1n) is 11.8. The summed E-state index contributed by atoms with van der Waals surface area (Å²) in [6, 6.07) is 11.5. The lowest BCUT2D eigenvalue weighted by Crippen LogP contribution is -2.50. The van der Waals surface area contributed by atoms with E-state index in [1.807, 2.05) is 46.7 Å². The molecule has 0 radical (unpaired) electrons. The average molecular weight is 493 g/mol. The summed E-state index contributed by atoms with van der Waals surface area (Å²) in [7, 11) is 0. The summed E-state index contributed by atoms with van der Waals surface area (Å²) in [6.45, 7) is 5.53. The minimum Gasteiger partial charge on any atom is -0.353 e. The van der Waals surface area contributed by atoms with Crippen LogP contribution in [0.1, 0.15) is 5.69 Å². The number of nitrogens with zero attached hydrogens (tertiary/aromatic N) is 7. The van der Waals surface area contributed by atoms with Gasteiger partial charge in [0.05, 0.1) is 12.1 Å². The number of nitrogens with one attached hydrogen (secondary N) is 1. The normalized spacial score (nSPS) is 16.3. The van der Waals surface area contributed by atoms with Crippen LogP contribution < -0.4 is 15.1 Å². The number of carbonyl (C=O) groups excluding carboxylic acids is 2. The SMILES string of the molecule is O=C(Cc1csc(NC(=O)N2CCN(c3ccccn3)CC2)n1)N1CCN(c2ccccn2)CC1. The van der Waals surface area contributed by atoms with Crippen molar-refractivity contribution in [1.82, 2.24) is 24.8 Å². The van der Waals surface area contributed by atoms with Crippen LogP contribution in [0.2, 0.25) is 0 Å². The Kier molecular flexibility index (Phi) is 7.03. The number of hydrogen-bond acceptors (Lipinski definition) is 8. The predicted molar refractivity (Wildman–Crippen MR) is 136 cm³/mol. The van der Waals surface area contributed by atoms with Crippen molar-refractivity contribution >= 4 is 40.0 Å². The molecule has 11 heteroatoms. The lowest BCUT2D eigenvalue weighted by atomic mass is 10.2. The number of carbonyl (C=O) groups is 2. The van der Waals surface area contributed by atoms with E-state index in [1.165, 1.54) is 11.3 Å². The fourth-order valence-corrected chi connectivity index (χ4v) is 4.99. The summed E-state index contributed by atoms with van der Waals surface area (Å²) in [5.41, 5.74) is 0.683. The van der Waals surface area contributed by atoms with E-state index in [-0.39, 0.29) is 18.4 Å². The van der Waals surface area contributed by atoms with Gasteiger partial charge >= 0.3 is 6.03 Å². The Morgan fingerprint density at radius 2 is 1.37 bits per heavy atom. The first-order chi connectivity index (χ1) is 17.2. The highest BCUT2D eigenvalue weighted by atomic mass is 32.1. The Labute approximate surface area is 208 Å². The molecular weight excluding hydrogens is 464 g/mol. The fraction of sp³-hybridized carbons (Fsp3) is 0.375. The van der Waals surface area contributed by atoms with E-state index in [0.29, 0.717) is 37.0 Å². The van der Waals surface area contributed by atoms with Gasteiger partial charge in [-0.15, -0.1) is 11.3 Å². The Bertz CT molecular complexity index is 1040. The molecule has 5 heterocycles. The van der Waals surface area contributed by atoms with Crippen LogP contribution in [-0.2, 0) is 11.2 Å². The van der Waals surface area contributed by atoms with Gasteiger partial charge in [0.1, 0.15) is 11.6 Å². The molecule has 2 aliphatic rings. The number of pyridine rings is 2. The van der Waals surface area contributed by atoms with Gasteiger partial charge in [-0.1, -0.05) is 12.1 Å². The van der Waals surface area contributed by atoms with Gasteiger partial charge in [-0.05, 0) is 24.3 Å². The van der Waals surface area contributed by atoms with E-state index >= 15 is 0 Å². The Morgan fingerprint density at radius 1 is 0.800 bits per heavy atom. The van der Waals surface area contributed by atoms with Gasteiger partial charge in [-0.3, -0.25) is 10.1 Å². The largest absolute Gasteiger partial charge is 0.353 e. The van der Waals surface area contributed by atoms with Crippen molar-refractivity contribution in [3.05, 3.63) is 59.9 Å². The van der Waals surface area contributed by atoms with Gasteiger partial charge < -0.3 is 19.6 Å². The molecule has 0 saturated carbocycles. The van der Waals surface area contributed by atoms with Gasteiger partial charge in [0.2, 0.25) is 5.91 Å². The number of amides is 3. The molecule has 0 spiro atoms. The summed E-state index contributed by atoms with van der Waals surface area (Å²) < 4.78 is 0. The molecule has 3 aromatic heterocycles. The van der Waals surface area contributed by atoms with E-state index in [4.69, 9.17) is 0 Å². The van der Waals surface area contributed by atoms with Gasteiger partial charge in [0, 0.05) is 70.1 Å². The van der Waals surface area contributed by atoms with Crippen molar-refractivity contribution in [2.45, 2.75) is 6.42 Å². The third-order valence-corrected chi connectivity index (χ3v) is 7.05. The molecule has 0 aliphatic carbocycles. The van der Waals surface area contributed by atoms with Crippen LogP contribution in [0.15, 0.2) is 54.2 Å². The average Bonchev–Trinajstić information content (AvgIpc) is 3.36. The summed E-state index contributed by atoms with van der Waals surface area (Å²) >= 11 is 1.35. The number of piperazine rings is 2. The quantitative estimate of drug-likeness (QED) is 0.583. The molecule has 35 heavy (non-hydrogen) atoms. The molecule has 5 rings (SSSR count). The first-order valence-corrected chi connectivity index (χ1v) is 12.6. The Hall–Kier alpha value is -3.73. The summed E-state index contributed by atoms with van der Waals surface area (Å²) in [4.78, 5) is 46.8. The highest BCUT2D eigenvalue weighted by molar-refractivity contribution is 7.13. The van der Waals surface area contributed by atoms with Crippen LogP contribution in [0, 0.1) is 0 Å². The molecule has 2 saturated heterocycles. The minimum absolute atomic E-state index is 0.0551. The molecule has 2 fully saturated rings. The molecule has 0 unspecified atom stereocenters. The van der Waals surface area contributed by atoms with Crippen LogP contribution >= 0.6 is 11.3 Å². The second-order valence-corrected chi connectivity index (χ2v) is 9.33. The third kappa shape index (κ3) is 5.68. The molecule has 3 aromatic rings. The number of thiazole rings is 1. The maximum atomic E-state index is 12.8. The maximum Gasteiger partial charge on any atom is 0.323 e. The second kappa shape index (κ2) is 10.7. The van der Waals surface area contributed by atoms with Crippen molar-refractivity contribution in [3.8, 4) is 0 Å². The second-order valence-electron chi connectivity index (χ2n) is 8.47. The Balaban J connectivity index is 1.07. The van der Waals surface area contributed by atoms with E-state index in [2.05, 4.69) is 30.1 Å². The van der Waals surface area contributed by atoms with Crippen molar-refractivity contribution < 1.29 is 9.59 Å². The van der Waals surface area contributed by atoms with Gasteiger partial charge in [-0.25, -0.2) is 19.7 Å². The minimum atomic E-state index is -0.163. The topological polar surface area (TPSA) is 97.8 Å². The van der Waals surface area contributed by atoms with Crippen molar-refractivity contribution in [2.75, 3.05) is 67.5 Å². The lowest BCUT2D eigenvalue weighted by Gasteiger charge is -2.35. The summed E-state index contributed by atoms with van der Waals surface area (Å²) in [5.74, 6) is 1.93. The van der Waals surface area contributed by atoms with Crippen LogP contribution in [-0.4, -0.2) is 89.0 Å². The number of hydrogen-bond donors (Lipinski definition) is 1. The smallest absolute Gasteiger partial charge is 0.323 e. The van der Waals surface area contributed by atoms with Crippen LogP contribution in [0.3, 0.4) is 0 Å². The fourth-order valence-electron chi connectivity index (χ4n) is 4.29. The van der Waals surface area contributed by atoms with Crippen LogP contribution in [0.4, 0.5) is 21.6 Å². The van der Waals surface area contributed by atoms with Gasteiger partial charge in [0.15, 0.2) is 5.13 Å². The molecule has 0 bridgehead atoms. The van der Waals surface area contributed by atoms with E-state index in [0.717, 1.165) is 37.8 Å². The molecular formula is C24H28N8O2S. The van der Waals surface area contributed by atoms with Crippen LogP contribution in [0.5, 0.6) is 0 Å². The zero-order valence-corrected chi connectivity index (χ0v) is 20.2. The lowest BCUT2D eigenvalue weighted by molar-refractivity contribution is -0.130. The zero-order chi connectivity index (χ0) is 24.0. The van der Waals surface area contributed by atoms with Crippen molar-refractivity contribution in [1.29, 1.82) is 0 Å². The van der Waals surface area contributed by atoms with Crippen LogP contribution in [0.25, 0.3) is 0 Å². The number of anilines is 3. The summed E-state index contributed by atoms with van der Waals surface area (Å²) in [6.07, 6.45) is 3.80. The highest BCUT2D eigenvalue weighted by Crippen LogP contribution is 2.19. The predicted octanol–water partition coefficient (Wildman–Crippen LogP) is 2.18. The van der Waals surface area contributed by atoms with E-state index < -0.39 is 0 Å². The molecule has 0 aromatic carbocycles.